The van der Waals surface area contributed by atoms with E-state index in [0.717, 1.165) is 10.0 Å². The van der Waals surface area contributed by atoms with Gasteiger partial charge < -0.3 is 15.8 Å². The quantitative estimate of drug-likeness (QED) is 0.801. The van der Waals surface area contributed by atoms with Crippen LogP contribution in [0.5, 0.6) is 5.75 Å². The summed E-state index contributed by atoms with van der Waals surface area (Å²) in [6.07, 6.45) is 0. The topological polar surface area (TPSA) is 93.0 Å². The monoisotopic (exact) mass is 338 g/mol. The highest BCUT2D eigenvalue weighted by atomic mass is 79.9. The third kappa shape index (κ3) is 2.62. The van der Waals surface area contributed by atoms with Gasteiger partial charge in [0.05, 0.1) is 24.2 Å². The number of H-pyrrole nitrogens is 1. The number of carbonyl (C=O) groups is 1. The predicted molar refractivity (Wildman–Crippen MR) is 81.1 cm³/mol. The summed E-state index contributed by atoms with van der Waals surface area (Å²) in [6, 6.07) is 3.67. The van der Waals surface area contributed by atoms with Crippen LogP contribution in [0.4, 0.5) is 11.4 Å². The van der Waals surface area contributed by atoms with E-state index in [2.05, 4.69) is 31.4 Å². The molecule has 1 heterocycles. The molecule has 106 valence electrons. The Hall–Kier alpha value is -2.02. The number of aromatic amines is 1. The molecule has 0 aliphatic rings. The number of rotatable bonds is 3. The molecular weight excluding hydrogens is 324 g/mol. The minimum absolute atomic E-state index is 0.173. The maximum atomic E-state index is 12.2. The van der Waals surface area contributed by atoms with Crippen LogP contribution in [0.25, 0.3) is 0 Å². The molecule has 4 N–H and O–H groups in total. The van der Waals surface area contributed by atoms with Crippen LogP contribution in [0.2, 0.25) is 0 Å². The summed E-state index contributed by atoms with van der Waals surface area (Å²) in [4.78, 5) is 12.2. The molecule has 20 heavy (non-hydrogen) atoms. The van der Waals surface area contributed by atoms with Gasteiger partial charge in [-0.2, -0.15) is 5.10 Å². The van der Waals surface area contributed by atoms with Crippen LogP contribution >= 0.6 is 15.9 Å². The lowest BCUT2D eigenvalue weighted by molar-refractivity contribution is 0.102. The average Bonchev–Trinajstić information content (AvgIpc) is 2.72. The summed E-state index contributed by atoms with van der Waals surface area (Å²) in [5, 5.41) is 9.36. The number of nitrogens with two attached hydrogens (primary N) is 1. The van der Waals surface area contributed by atoms with Gasteiger partial charge in [0.15, 0.2) is 5.69 Å². The van der Waals surface area contributed by atoms with Crippen LogP contribution in [0.1, 0.15) is 21.7 Å². The number of ether oxygens (including phenoxy) is 1. The fourth-order valence-corrected chi connectivity index (χ4v) is 2.37. The molecule has 0 radical (unpaired) electrons. The van der Waals surface area contributed by atoms with Crippen molar-refractivity contribution in [3.05, 3.63) is 33.6 Å². The fraction of sp³-hybridized carbons (Fsp3) is 0.231. The number of methoxy groups -OCH3 is 1. The molecule has 2 aromatic rings. The number of benzene rings is 1. The van der Waals surface area contributed by atoms with E-state index in [1.54, 1.807) is 20.1 Å². The van der Waals surface area contributed by atoms with E-state index in [4.69, 9.17) is 10.5 Å². The lowest BCUT2D eigenvalue weighted by Gasteiger charge is -2.13. The van der Waals surface area contributed by atoms with Crippen molar-refractivity contribution in [2.75, 3.05) is 18.2 Å². The van der Waals surface area contributed by atoms with Gasteiger partial charge in [0.2, 0.25) is 0 Å². The van der Waals surface area contributed by atoms with Crippen molar-refractivity contribution in [3.63, 3.8) is 0 Å². The fourth-order valence-electron chi connectivity index (χ4n) is 1.82. The van der Waals surface area contributed by atoms with E-state index in [1.807, 2.05) is 13.0 Å². The lowest BCUT2D eigenvalue weighted by atomic mass is 10.1. The number of anilines is 2. The second-order valence-corrected chi connectivity index (χ2v) is 5.28. The highest BCUT2D eigenvalue weighted by molar-refractivity contribution is 9.10. The Labute approximate surface area is 124 Å². The van der Waals surface area contributed by atoms with E-state index in [1.165, 1.54) is 0 Å². The van der Waals surface area contributed by atoms with Crippen molar-refractivity contribution in [2.45, 2.75) is 13.8 Å². The maximum absolute atomic E-state index is 12.2. The van der Waals surface area contributed by atoms with Gasteiger partial charge in [-0.15, -0.1) is 0 Å². The van der Waals surface area contributed by atoms with Gasteiger partial charge in [-0.3, -0.25) is 9.89 Å². The molecule has 1 aromatic carbocycles. The number of halogens is 1. The first-order chi connectivity index (χ1) is 9.43. The number of nitrogens with zero attached hydrogens (tertiary/aromatic N) is 1. The molecule has 1 aromatic heterocycles. The number of hydrogen-bond acceptors (Lipinski definition) is 4. The van der Waals surface area contributed by atoms with Crippen LogP contribution in [0.15, 0.2) is 16.6 Å². The van der Waals surface area contributed by atoms with Crippen molar-refractivity contribution in [3.8, 4) is 5.75 Å². The molecule has 0 spiro atoms. The average molecular weight is 339 g/mol. The Bertz CT molecular complexity index is 667. The van der Waals surface area contributed by atoms with Gasteiger partial charge in [0.25, 0.3) is 5.91 Å². The molecule has 0 unspecified atom stereocenters. The van der Waals surface area contributed by atoms with Crippen molar-refractivity contribution < 1.29 is 9.53 Å². The van der Waals surface area contributed by atoms with Crippen molar-refractivity contribution in [2.24, 2.45) is 0 Å². The maximum Gasteiger partial charge on any atom is 0.278 e. The Morgan fingerprint density at radius 3 is 2.70 bits per heavy atom. The van der Waals surface area contributed by atoms with E-state index < -0.39 is 0 Å². The number of carbonyl (C=O) groups excluding carboxylic acids is 1. The van der Waals surface area contributed by atoms with Gasteiger partial charge in [-0.25, -0.2) is 0 Å². The first kappa shape index (κ1) is 14.4. The zero-order valence-electron chi connectivity index (χ0n) is 11.4. The Kier molecular flexibility index (Phi) is 3.99. The molecule has 0 aliphatic heterocycles. The number of hydrogen-bond donors (Lipinski definition) is 3. The molecule has 6 nitrogen and oxygen atoms in total. The summed E-state index contributed by atoms with van der Waals surface area (Å²) in [5.41, 5.74) is 8.44. The normalized spacial score (nSPS) is 10.4. The number of nitrogen functional groups attached to an aromatic ring is 1. The predicted octanol–water partition coefficient (Wildman–Crippen LogP) is 2.63. The molecule has 0 fully saturated rings. The van der Waals surface area contributed by atoms with E-state index >= 15 is 0 Å². The zero-order chi connectivity index (χ0) is 14.9. The first-order valence-electron chi connectivity index (χ1n) is 5.90. The largest absolute Gasteiger partial charge is 0.495 e. The lowest BCUT2D eigenvalue weighted by Crippen LogP contribution is -2.15. The summed E-state index contributed by atoms with van der Waals surface area (Å²) < 4.78 is 6.15. The van der Waals surface area contributed by atoms with Gasteiger partial charge in [-0.1, -0.05) is 15.9 Å². The van der Waals surface area contributed by atoms with E-state index in [9.17, 15) is 4.79 Å². The molecule has 0 bridgehead atoms. The third-order valence-corrected chi connectivity index (χ3v) is 3.39. The summed E-state index contributed by atoms with van der Waals surface area (Å²) in [6.45, 7) is 3.63. The van der Waals surface area contributed by atoms with Crippen molar-refractivity contribution >= 4 is 33.2 Å². The third-order valence-electron chi connectivity index (χ3n) is 2.93. The number of aromatic nitrogens is 2. The number of aryl methyl sites for hydroxylation is 2. The van der Waals surface area contributed by atoms with Gasteiger partial charge in [-0.05, 0) is 31.5 Å². The highest BCUT2D eigenvalue weighted by Gasteiger charge is 2.18. The van der Waals surface area contributed by atoms with Crippen LogP contribution in [0, 0.1) is 13.8 Å². The molecule has 0 aliphatic carbocycles. The minimum atomic E-state index is -0.379. The second-order valence-electron chi connectivity index (χ2n) is 4.36. The molecule has 7 heteroatoms. The Morgan fingerprint density at radius 1 is 1.45 bits per heavy atom. The van der Waals surface area contributed by atoms with Crippen molar-refractivity contribution in [1.29, 1.82) is 0 Å². The summed E-state index contributed by atoms with van der Waals surface area (Å²) in [5.74, 6) is 0.187. The summed E-state index contributed by atoms with van der Waals surface area (Å²) >= 11 is 3.38. The summed E-state index contributed by atoms with van der Waals surface area (Å²) in [7, 11) is 1.55. The second kappa shape index (κ2) is 5.54. The van der Waals surface area contributed by atoms with Crippen LogP contribution in [-0.2, 0) is 0 Å². The van der Waals surface area contributed by atoms with Crippen LogP contribution in [0.3, 0.4) is 0 Å². The molecule has 0 atom stereocenters. The van der Waals surface area contributed by atoms with Gasteiger partial charge in [0, 0.05) is 4.47 Å². The zero-order valence-corrected chi connectivity index (χ0v) is 13.0. The van der Waals surface area contributed by atoms with Crippen molar-refractivity contribution in [1.82, 2.24) is 10.2 Å². The van der Waals surface area contributed by atoms with Crippen LogP contribution < -0.4 is 15.8 Å². The van der Waals surface area contributed by atoms with E-state index in [-0.39, 0.29) is 11.6 Å². The molecule has 2 rings (SSSR count). The smallest absolute Gasteiger partial charge is 0.278 e. The number of nitrogens with one attached hydrogen (secondary N) is 2. The SMILES string of the molecule is COc1cc(Br)cc(C)c1NC(=O)c1n[nH]c(C)c1N. The molecule has 0 saturated heterocycles. The molecule has 0 saturated carbocycles. The van der Waals surface area contributed by atoms with Gasteiger partial charge >= 0.3 is 0 Å². The highest BCUT2D eigenvalue weighted by Crippen LogP contribution is 2.32. The minimum Gasteiger partial charge on any atom is -0.495 e. The Balaban J connectivity index is 2.35. The Morgan fingerprint density at radius 2 is 2.15 bits per heavy atom. The first-order valence-corrected chi connectivity index (χ1v) is 6.69. The van der Waals surface area contributed by atoms with Gasteiger partial charge in [0.1, 0.15) is 5.75 Å². The van der Waals surface area contributed by atoms with Crippen LogP contribution in [-0.4, -0.2) is 23.2 Å². The molecule has 1 amide bonds. The number of amides is 1. The molecular formula is C13H15BrN4O2. The standard InChI is InChI=1S/C13H15BrN4O2/c1-6-4-8(14)5-9(20-3)11(6)16-13(19)12-10(15)7(2)17-18-12/h4-5H,15H2,1-3H3,(H,16,19)(H,17,18). The van der Waals surface area contributed by atoms with E-state index in [0.29, 0.717) is 22.8 Å².